The maximum atomic E-state index is 11.1. The molecule has 0 aromatic rings. The fourth-order valence-electron chi connectivity index (χ4n) is 1.38. The van der Waals surface area contributed by atoms with Crippen LogP contribution in [0.3, 0.4) is 0 Å². The van der Waals surface area contributed by atoms with Gasteiger partial charge in [-0.25, -0.2) is 0 Å². The molecule has 4 heteroatoms. The number of carbonyl (C=O) groups is 1. The van der Waals surface area contributed by atoms with Crippen LogP contribution in [0, 0.1) is 11.3 Å². The van der Waals surface area contributed by atoms with Crippen LogP contribution in [0.15, 0.2) is 0 Å². The normalized spacial score (nSPS) is 23.7. The predicted molar refractivity (Wildman–Crippen MR) is 56.3 cm³/mol. The molecule has 1 amide bonds. The molecule has 0 radical (unpaired) electrons. The van der Waals surface area contributed by atoms with Gasteiger partial charge in [-0.1, -0.05) is 26.1 Å². The molecule has 0 heterocycles. The molecule has 0 aromatic heterocycles. The molecule has 1 rings (SSSR count). The molecule has 3 nitrogen and oxygen atoms in total. The lowest BCUT2D eigenvalue weighted by Gasteiger charge is -2.05. The first-order valence-electron chi connectivity index (χ1n) is 4.47. The minimum atomic E-state index is -0.0600. The van der Waals surface area contributed by atoms with Crippen LogP contribution in [0.2, 0.25) is 0 Å². The number of rotatable bonds is 4. The van der Waals surface area contributed by atoms with Crippen molar-refractivity contribution >= 4 is 23.1 Å². The van der Waals surface area contributed by atoms with Crippen molar-refractivity contribution in [3.63, 3.8) is 0 Å². The predicted octanol–water partition coefficient (Wildman–Crippen LogP) is 0.825. The van der Waals surface area contributed by atoms with Crippen LogP contribution in [0.1, 0.15) is 26.7 Å². The van der Waals surface area contributed by atoms with E-state index < -0.39 is 0 Å². The van der Waals surface area contributed by atoms with Crippen molar-refractivity contribution in [3.05, 3.63) is 0 Å². The van der Waals surface area contributed by atoms with Crippen LogP contribution in [0.5, 0.6) is 0 Å². The molecule has 1 aliphatic rings. The fourth-order valence-corrected chi connectivity index (χ4v) is 1.51. The largest absolute Gasteiger partial charge is 0.393 e. The summed E-state index contributed by atoms with van der Waals surface area (Å²) < 4.78 is 0. The van der Waals surface area contributed by atoms with Gasteiger partial charge in [0.2, 0.25) is 5.91 Å². The SMILES string of the molecule is CC1(C)CC1CNC(=O)CC(N)=S. The number of nitrogens with two attached hydrogens (primary N) is 1. The molecule has 0 bridgehead atoms. The third kappa shape index (κ3) is 3.30. The zero-order valence-electron chi connectivity index (χ0n) is 8.09. The van der Waals surface area contributed by atoms with E-state index in [1.165, 1.54) is 6.42 Å². The Hall–Kier alpha value is -0.640. The Balaban J connectivity index is 2.13. The molecule has 1 aliphatic carbocycles. The number of nitrogens with one attached hydrogen (secondary N) is 1. The van der Waals surface area contributed by atoms with Gasteiger partial charge < -0.3 is 11.1 Å². The second-order valence-corrected chi connectivity index (χ2v) is 4.86. The summed E-state index contributed by atoms with van der Waals surface area (Å²) in [5.74, 6) is 0.568. The standard InChI is InChI=1S/C9H16N2OS/c1-9(2)4-6(9)5-11-8(12)3-7(10)13/h6H,3-5H2,1-2H3,(H2,10,13)(H,11,12). The Morgan fingerprint density at radius 2 is 2.23 bits per heavy atom. The molecule has 1 atom stereocenters. The number of hydrogen-bond acceptors (Lipinski definition) is 2. The number of thiocarbonyl (C=S) groups is 1. The van der Waals surface area contributed by atoms with Gasteiger partial charge in [-0.15, -0.1) is 0 Å². The molecule has 13 heavy (non-hydrogen) atoms. The van der Waals surface area contributed by atoms with Crippen LogP contribution in [0.4, 0.5) is 0 Å². The first kappa shape index (κ1) is 10.4. The van der Waals surface area contributed by atoms with Gasteiger partial charge in [0.15, 0.2) is 0 Å². The van der Waals surface area contributed by atoms with Gasteiger partial charge in [-0.05, 0) is 17.8 Å². The maximum Gasteiger partial charge on any atom is 0.226 e. The quantitative estimate of drug-likeness (QED) is 0.661. The molecule has 1 fully saturated rings. The summed E-state index contributed by atoms with van der Waals surface area (Å²) in [6, 6.07) is 0. The van der Waals surface area contributed by atoms with E-state index in [1.807, 2.05) is 0 Å². The van der Waals surface area contributed by atoms with Gasteiger partial charge in [-0.3, -0.25) is 4.79 Å². The molecular formula is C9H16N2OS. The minimum Gasteiger partial charge on any atom is -0.393 e. The summed E-state index contributed by atoms with van der Waals surface area (Å²) in [6.07, 6.45) is 1.36. The highest BCUT2D eigenvalue weighted by molar-refractivity contribution is 7.80. The van der Waals surface area contributed by atoms with Gasteiger partial charge in [-0.2, -0.15) is 0 Å². The van der Waals surface area contributed by atoms with Gasteiger partial charge in [0, 0.05) is 6.54 Å². The molecule has 74 valence electrons. The van der Waals surface area contributed by atoms with Gasteiger partial charge in [0.25, 0.3) is 0 Å². The van der Waals surface area contributed by atoms with Gasteiger partial charge >= 0.3 is 0 Å². The molecule has 0 spiro atoms. The molecule has 1 saturated carbocycles. The van der Waals surface area contributed by atoms with Crippen LogP contribution >= 0.6 is 12.2 Å². The number of hydrogen-bond donors (Lipinski definition) is 2. The highest BCUT2D eigenvalue weighted by atomic mass is 32.1. The van der Waals surface area contributed by atoms with Crippen molar-refractivity contribution in [1.82, 2.24) is 5.32 Å². The van der Waals surface area contributed by atoms with E-state index in [0.717, 1.165) is 6.54 Å². The van der Waals surface area contributed by atoms with Crippen molar-refractivity contribution in [1.29, 1.82) is 0 Å². The number of carbonyl (C=O) groups excluding carboxylic acids is 1. The molecule has 1 unspecified atom stereocenters. The Morgan fingerprint density at radius 1 is 1.69 bits per heavy atom. The van der Waals surface area contributed by atoms with Crippen molar-refractivity contribution in [3.8, 4) is 0 Å². The zero-order chi connectivity index (χ0) is 10.1. The fraction of sp³-hybridized carbons (Fsp3) is 0.778. The third-order valence-corrected chi connectivity index (χ3v) is 2.74. The van der Waals surface area contributed by atoms with Crippen LogP contribution in [-0.4, -0.2) is 17.4 Å². The first-order chi connectivity index (χ1) is 5.92. The number of amides is 1. The summed E-state index contributed by atoms with van der Waals surface area (Å²) >= 11 is 4.63. The topological polar surface area (TPSA) is 55.1 Å². The van der Waals surface area contributed by atoms with Crippen molar-refractivity contribution < 1.29 is 4.79 Å². The maximum absolute atomic E-state index is 11.1. The summed E-state index contributed by atoms with van der Waals surface area (Å²) in [4.78, 5) is 11.4. The van der Waals surface area contributed by atoms with E-state index in [1.54, 1.807) is 0 Å². The average Bonchev–Trinajstić information content (AvgIpc) is 2.53. The smallest absolute Gasteiger partial charge is 0.226 e. The van der Waals surface area contributed by atoms with E-state index >= 15 is 0 Å². The van der Waals surface area contributed by atoms with Crippen LogP contribution in [0.25, 0.3) is 0 Å². The highest BCUT2D eigenvalue weighted by Gasteiger charge is 2.45. The second kappa shape index (κ2) is 3.62. The molecule has 3 N–H and O–H groups in total. The second-order valence-electron chi connectivity index (χ2n) is 4.34. The first-order valence-corrected chi connectivity index (χ1v) is 4.87. The lowest BCUT2D eigenvalue weighted by atomic mass is 10.1. The Bertz CT molecular complexity index is 238. The monoisotopic (exact) mass is 200 g/mol. The summed E-state index contributed by atoms with van der Waals surface area (Å²) in [6.45, 7) is 5.17. The molecular weight excluding hydrogens is 184 g/mol. The summed E-state index contributed by atoms with van der Waals surface area (Å²) in [5.41, 5.74) is 5.65. The average molecular weight is 200 g/mol. The van der Waals surface area contributed by atoms with Crippen LogP contribution in [-0.2, 0) is 4.79 Å². The lowest BCUT2D eigenvalue weighted by Crippen LogP contribution is -2.29. The highest BCUT2D eigenvalue weighted by Crippen LogP contribution is 2.50. The third-order valence-electron chi connectivity index (χ3n) is 2.60. The minimum absolute atomic E-state index is 0.0600. The van der Waals surface area contributed by atoms with Crippen molar-refractivity contribution in [2.75, 3.05) is 6.54 Å². The van der Waals surface area contributed by atoms with E-state index in [2.05, 4.69) is 31.4 Å². The Kier molecular flexibility index (Phi) is 2.91. The molecule has 0 aromatic carbocycles. The summed E-state index contributed by atoms with van der Waals surface area (Å²) in [7, 11) is 0. The van der Waals surface area contributed by atoms with Gasteiger partial charge in [0.1, 0.15) is 0 Å². The van der Waals surface area contributed by atoms with E-state index in [0.29, 0.717) is 11.3 Å². The van der Waals surface area contributed by atoms with Crippen LogP contribution < -0.4 is 11.1 Å². The molecule has 0 aliphatic heterocycles. The summed E-state index contributed by atoms with van der Waals surface area (Å²) in [5, 5.41) is 2.83. The Morgan fingerprint density at radius 3 is 2.62 bits per heavy atom. The van der Waals surface area contributed by atoms with Crippen molar-refractivity contribution in [2.24, 2.45) is 17.1 Å². The van der Waals surface area contributed by atoms with Crippen molar-refractivity contribution in [2.45, 2.75) is 26.7 Å². The zero-order valence-corrected chi connectivity index (χ0v) is 8.91. The van der Waals surface area contributed by atoms with E-state index in [9.17, 15) is 4.79 Å². The van der Waals surface area contributed by atoms with E-state index in [4.69, 9.17) is 5.73 Å². The molecule has 0 saturated heterocycles. The Labute approximate surface area is 84.1 Å². The van der Waals surface area contributed by atoms with E-state index in [-0.39, 0.29) is 17.3 Å². The van der Waals surface area contributed by atoms with Gasteiger partial charge in [0.05, 0.1) is 11.4 Å². The lowest BCUT2D eigenvalue weighted by molar-refractivity contribution is -0.119.